The van der Waals surface area contributed by atoms with Crippen LogP contribution in [0, 0.1) is 0 Å². The summed E-state index contributed by atoms with van der Waals surface area (Å²) in [5.74, 6) is 0. The average Bonchev–Trinajstić information content (AvgIpc) is 2.56. The van der Waals surface area contributed by atoms with E-state index in [1.165, 1.54) is 0 Å². The third-order valence-electron chi connectivity index (χ3n) is 2.51. The molecule has 0 spiro atoms. The lowest BCUT2D eigenvalue weighted by Gasteiger charge is -2.10. The number of hydrogen-bond donors (Lipinski definition) is 1. The predicted molar refractivity (Wildman–Crippen MR) is 73.5 cm³/mol. The van der Waals surface area contributed by atoms with Crippen LogP contribution in [-0.4, -0.2) is 35.4 Å². The van der Waals surface area contributed by atoms with Crippen molar-refractivity contribution in [3.63, 3.8) is 0 Å². The van der Waals surface area contributed by atoms with E-state index in [9.17, 15) is 0 Å². The second-order valence-electron chi connectivity index (χ2n) is 3.87. The first-order chi connectivity index (χ1) is 8.10. The highest BCUT2D eigenvalue weighted by Gasteiger charge is 2.12. The molecule has 0 bridgehead atoms. The molecule has 0 saturated heterocycles. The van der Waals surface area contributed by atoms with E-state index < -0.39 is 0 Å². The van der Waals surface area contributed by atoms with Crippen LogP contribution in [0.1, 0.15) is 18.3 Å². The predicted octanol–water partition coefficient (Wildman–Crippen LogP) is 2.09. The van der Waals surface area contributed by atoms with E-state index in [2.05, 4.69) is 33.3 Å². The Kier molecular flexibility index (Phi) is 6.48. The highest BCUT2D eigenvalue weighted by atomic mass is 79.9. The van der Waals surface area contributed by atoms with Gasteiger partial charge in [-0.3, -0.25) is 4.68 Å². The third kappa shape index (κ3) is 4.25. The van der Waals surface area contributed by atoms with Crippen molar-refractivity contribution in [2.45, 2.75) is 25.3 Å². The fraction of sp³-hybridized carbons (Fsp3) is 0.727. The molecule has 0 aliphatic rings. The summed E-state index contributed by atoms with van der Waals surface area (Å²) in [4.78, 5) is 0. The molecular weight excluding hydrogens is 305 g/mol. The molecule has 1 N–H and O–H groups in total. The number of hydrogen-bond acceptors (Lipinski definition) is 3. The van der Waals surface area contributed by atoms with Crippen molar-refractivity contribution in [1.82, 2.24) is 15.1 Å². The number of methoxy groups -OCH3 is 1. The average molecular weight is 325 g/mol. The van der Waals surface area contributed by atoms with Gasteiger partial charge >= 0.3 is 0 Å². The van der Waals surface area contributed by atoms with Gasteiger partial charge in [0, 0.05) is 27.2 Å². The van der Waals surface area contributed by atoms with Crippen LogP contribution in [0.15, 0.2) is 4.47 Å². The van der Waals surface area contributed by atoms with Gasteiger partial charge in [-0.05, 0) is 22.4 Å². The molecule has 0 aromatic carbocycles. The Balaban J connectivity index is 2.49. The van der Waals surface area contributed by atoms with Gasteiger partial charge in [0.15, 0.2) is 0 Å². The molecule has 6 heteroatoms. The van der Waals surface area contributed by atoms with Crippen molar-refractivity contribution in [2.24, 2.45) is 7.05 Å². The van der Waals surface area contributed by atoms with E-state index in [0.29, 0.717) is 13.2 Å². The monoisotopic (exact) mass is 323 g/mol. The number of ether oxygens (including phenoxy) is 1. The van der Waals surface area contributed by atoms with Crippen molar-refractivity contribution in [2.75, 3.05) is 20.3 Å². The molecule has 1 unspecified atom stereocenters. The molecule has 1 rings (SSSR count). The Morgan fingerprint density at radius 2 is 2.29 bits per heavy atom. The van der Waals surface area contributed by atoms with Gasteiger partial charge in [-0.25, -0.2) is 0 Å². The highest BCUT2D eigenvalue weighted by molar-refractivity contribution is 9.10. The summed E-state index contributed by atoms with van der Waals surface area (Å²) in [6.45, 7) is 4.12. The second kappa shape index (κ2) is 7.36. The summed E-state index contributed by atoms with van der Waals surface area (Å²) in [7, 11) is 3.61. The molecule has 17 heavy (non-hydrogen) atoms. The number of aromatic nitrogens is 2. The van der Waals surface area contributed by atoms with E-state index >= 15 is 0 Å². The number of rotatable bonds is 7. The van der Waals surface area contributed by atoms with Crippen LogP contribution >= 0.6 is 27.5 Å². The molecule has 0 aliphatic carbocycles. The van der Waals surface area contributed by atoms with E-state index in [1.54, 1.807) is 7.11 Å². The van der Waals surface area contributed by atoms with Gasteiger partial charge in [0.25, 0.3) is 0 Å². The molecule has 1 heterocycles. The van der Waals surface area contributed by atoms with Gasteiger partial charge in [0.05, 0.1) is 27.8 Å². The number of alkyl halides is 1. The molecule has 0 amide bonds. The largest absolute Gasteiger partial charge is 0.383 e. The minimum atomic E-state index is -0.00218. The van der Waals surface area contributed by atoms with Crippen LogP contribution in [0.4, 0.5) is 0 Å². The zero-order valence-corrected chi connectivity index (χ0v) is 12.8. The number of nitrogens with zero attached hydrogens (tertiary/aromatic N) is 2. The van der Waals surface area contributed by atoms with Gasteiger partial charge in [-0.15, -0.1) is 11.6 Å². The molecule has 0 fully saturated rings. The maximum absolute atomic E-state index is 6.04. The Bertz CT molecular complexity index is 357. The Morgan fingerprint density at radius 1 is 1.59 bits per heavy atom. The van der Waals surface area contributed by atoms with Crippen LogP contribution in [-0.2, 0) is 24.8 Å². The van der Waals surface area contributed by atoms with Crippen LogP contribution in [0.5, 0.6) is 0 Å². The Hall–Kier alpha value is -0.100. The normalized spacial score (nSPS) is 13.0. The molecular formula is C11H19BrClN3O. The lowest BCUT2D eigenvalue weighted by atomic mass is 10.3. The number of halogens is 2. The fourth-order valence-electron chi connectivity index (χ4n) is 1.60. The summed E-state index contributed by atoms with van der Waals surface area (Å²) >= 11 is 9.62. The van der Waals surface area contributed by atoms with Gasteiger partial charge in [-0.1, -0.05) is 6.92 Å². The van der Waals surface area contributed by atoms with Crippen molar-refractivity contribution in [1.29, 1.82) is 0 Å². The van der Waals surface area contributed by atoms with E-state index in [0.717, 1.165) is 28.8 Å². The van der Waals surface area contributed by atoms with Crippen molar-refractivity contribution >= 4 is 27.5 Å². The van der Waals surface area contributed by atoms with Crippen LogP contribution < -0.4 is 5.32 Å². The third-order valence-corrected chi connectivity index (χ3v) is 3.70. The topological polar surface area (TPSA) is 39.1 Å². The van der Waals surface area contributed by atoms with Crippen molar-refractivity contribution in [3.8, 4) is 0 Å². The maximum atomic E-state index is 6.04. The smallest absolute Gasteiger partial charge is 0.0767 e. The van der Waals surface area contributed by atoms with Crippen LogP contribution in [0.3, 0.4) is 0 Å². The molecule has 0 aliphatic heterocycles. The highest BCUT2D eigenvalue weighted by Crippen LogP contribution is 2.21. The molecule has 0 radical (unpaired) electrons. The molecule has 98 valence electrons. The first-order valence-electron chi connectivity index (χ1n) is 5.64. The second-order valence-corrected chi connectivity index (χ2v) is 5.28. The molecule has 1 aromatic heterocycles. The fourth-order valence-corrected chi connectivity index (χ4v) is 2.59. The molecule has 1 atom stereocenters. The standard InChI is InChI=1S/C11H19BrClN3O/c1-4-9-11(12)10(16(2)15-9)6-14-5-8(13)7-17-3/h8,14H,4-7H2,1-3H3. The van der Waals surface area contributed by atoms with Crippen molar-refractivity contribution in [3.05, 3.63) is 15.9 Å². The van der Waals surface area contributed by atoms with Crippen molar-refractivity contribution < 1.29 is 4.74 Å². The zero-order valence-electron chi connectivity index (χ0n) is 10.5. The minimum Gasteiger partial charge on any atom is -0.383 e. The zero-order chi connectivity index (χ0) is 12.8. The summed E-state index contributed by atoms with van der Waals surface area (Å²) < 4.78 is 7.97. The molecule has 4 nitrogen and oxygen atoms in total. The quantitative estimate of drug-likeness (QED) is 0.781. The Morgan fingerprint density at radius 3 is 2.82 bits per heavy atom. The summed E-state index contributed by atoms with van der Waals surface area (Å²) in [6, 6.07) is 0. The van der Waals surface area contributed by atoms with Gasteiger partial charge in [0.2, 0.25) is 0 Å². The van der Waals surface area contributed by atoms with E-state index in [1.807, 2.05) is 11.7 Å². The minimum absolute atomic E-state index is 0.00218. The van der Waals surface area contributed by atoms with Gasteiger partial charge in [0.1, 0.15) is 0 Å². The summed E-state index contributed by atoms with van der Waals surface area (Å²) in [6.07, 6.45) is 0.927. The summed E-state index contributed by atoms with van der Waals surface area (Å²) in [5.41, 5.74) is 2.23. The summed E-state index contributed by atoms with van der Waals surface area (Å²) in [5, 5.41) is 7.74. The van der Waals surface area contributed by atoms with Crippen LogP contribution in [0.25, 0.3) is 0 Å². The van der Waals surface area contributed by atoms with Crippen LogP contribution in [0.2, 0.25) is 0 Å². The SMILES string of the molecule is CCc1nn(C)c(CNCC(Cl)COC)c1Br. The lowest BCUT2D eigenvalue weighted by molar-refractivity contribution is 0.196. The van der Waals surface area contributed by atoms with Gasteiger partial charge in [-0.2, -0.15) is 5.10 Å². The maximum Gasteiger partial charge on any atom is 0.0767 e. The number of nitrogens with one attached hydrogen (secondary N) is 1. The lowest BCUT2D eigenvalue weighted by Crippen LogP contribution is -2.26. The van der Waals surface area contributed by atoms with Gasteiger partial charge < -0.3 is 10.1 Å². The Labute approximate surface area is 116 Å². The first kappa shape index (κ1) is 15.0. The molecule has 1 aromatic rings. The number of aryl methyl sites for hydroxylation is 2. The van der Waals surface area contributed by atoms with E-state index in [4.69, 9.17) is 16.3 Å². The molecule has 0 saturated carbocycles. The van der Waals surface area contributed by atoms with E-state index in [-0.39, 0.29) is 5.38 Å². The first-order valence-corrected chi connectivity index (χ1v) is 6.87.